The minimum Gasteiger partial charge on any atom is -0.367 e. The average Bonchev–Trinajstić information content (AvgIpc) is 3.07. The van der Waals surface area contributed by atoms with E-state index >= 15 is 0 Å². The maximum absolute atomic E-state index is 11.6. The number of hydrogen-bond donors (Lipinski definition) is 3. The van der Waals surface area contributed by atoms with Crippen molar-refractivity contribution < 1.29 is 40.6 Å². The molecule has 0 heterocycles. The van der Waals surface area contributed by atoms with Gasteiger partial charge in [0, 0.05) is 23.7 Å². The van der Waals surface area contributed by atoms with Crippen LogP contribution in [-0.4, -0.2) is 37.7 Å². The molecule has 10 nitrogen and oxygen atoms in total. The minimum absolute atomic E-state index is 0.152. The quantitative estimate of drug-likeness (QED) is 0.0634. The Labute approximate surface area is 282 Å². The Balaban J connectivity index is 1.52. The second-order valence-corrected chi connectivity index (χ2v) is 14.2. The van der Waals surface area contributed by atoms with Crippen molar-refractivity contribution in [3.8, 4) is 0 Å². The highest BCUT2D eigenvalue weighted by Crippen LogP contribution is 2.27. The first-order chi connectivity index (χ1) is 22.9. The van der Waals surface area contributed by atoms with Crippen molar-refractivity contribution in [3.05, 3.63) is 154 Å². The van der Waals surface area contributed by atoms with Crippen molar-refractivity contribution >= 4 is 49.6 Å². The summed E-state index contributed by atoms with van der Waals surface area (Å²) < 4.78 is 69.9. The van der Waals surface area contributed by atoms with Crippen LogP contribution in [0.25, 0.3) is 11.6 Å². The number of benzene rings is 5. The van der Waals surface area contributed by atoms with Gasteiger partial charge in [0.05, 0.1) is 21.8 Å². The fourth-order valence-corrected chi connectivity index (χ4v) is 6.63. The zero-order valence-corrected chi connectivity index (χ0v) is 28.0. The SMILES string of the molecule is CCN(Cc1cccc(S(=O)(=O)O)c1)c1ccc(C(c2ccc(SOOO)cc2)=c2ccc(=Cc3cccc(S(=O)(=O)O)c3)cc2)cc1. The van der Waals surface area contributed by atoms with Crippen molar-refractivity contribution in [1.82, 2.24) is 0 Å². The molecule has 0 aliphatic rings. The average molecular weight is 706 g/mol. The first-order valence-corrected chi connectivity index (χ1v) is 18.1. The summed E-state index contributed by atoms with van der Waals surface area (Å²) in [6.07, 6.45) is 1.81. The summed E-state index contributed by atoms with van der Waals surface area (Å²) >= 11 is 0.856. The standard InChI is InChI=1S/C35H31NO9S3/c1-2-36(24-27-6-4-8-34(23-27)48(41,42)43)31-17-13-29(14-18-31)35(30-15-19-32(20-16-30)46-45-44-37)28-11-9-25(10-12-28)21-26-5-3-7-33(22-26)47(38,39)40/h3-23,37H,2,24H2,1H3,(H,38,39,40)(H,41,42,43). The molecule has 0 spiro atoms. The van der Waals surface area contributed by atoms with Gasteiger partial charge in [-0.1, -0.05) is 77.8 Å². The summed E-state index contributed by atoms with van der Waals surface area (Å²) in [5.74, 6) is 0. The van der Waals surface area contributed by atoms with Gasteiger partial charge in [-0.3, -0.25) is 9.11 Å². The van der Waals surface area contributed by atoms with Crippen LogP contribution in [0.3, 0.4) is 0 Å². The van der Waals surface area contributed by atoms with Crippen LogP contribution in [0.4, 0.5) is 5.69 Å². The third-order valence-electron chi connectivity index (χ3n) is 7.46. The van der Waals surface area contributed by atoms with Crippen molar-refractivity contribution in [2.75, 3.05) is 11.4 Å². The highest BCUT2D eigenvalue weighted by molar-refractivity contribution is 7.94. The Morgan fingerprint density at radius 2 is 1.33 bits per heavy atom. The van der Waals surface area contributed by atoms with E-state index in [2.05, 4.69) is 14.3 Å². The molecule has 0 aliphatic heterocycles. The Kier molecular flexibility index (Phi) is 11.1. The fraction of sp³-hybridized carbons (Fsp3) is 0.0857. The molecule has 0 saturated heterocycles. The minimum atomic E-state index is -4.32. The summed E-state index contributed by atoms with van der Waals surface area (Å²) in [5.41, 5.74) is 5.03. The summed E-state index contributed by atoms with van der Waals surface area (Å²) in [4.78, 5) is 2.46. The van der Waals surface area contributed by atoms with E-state index in [9.17, 15) is 25.9 Å². The van der Waals surface area contributed by atoms with Crippen molar-refractivity contribution in [2.24, 2.45) is 0 Å². The van der Waals surface area contributed by atoms with E-state index in [1.165, 1.54) is 24.3 Å². The van der Waals surface area contributed by atoms with Crippen LogP contribution in [0.2, 0.25) is 0 Å². The lowest BCUT2D eigenvalue weighted by Gasteiger charge is -2.24. The molecule has 0 amide bonds. The zero-order chi connectivity index (χ0) is 34.3. The van der Waals surface area contributed by atoms with Crippen molar-refractivity contribution in [3.63, 3.8) is 0 Å². The molecule has 0 bridgehead atoms. The third-order valence-corrected chi connectivity index (χ3v) is 9.76. The summed E-state index contributed by atoms with van der Waals surface area (Å²) in [7, 11) is -8.64. The lowest BCUT2D eigenvalue weighted by Crippen LogP contribution is -2.22. The Morgan fingerprint density at radius 3 is 1.92 bits per heavy atom. The van der Waals surface area contributed by atoms with E-state index in [0.29, 0.717) is 23.5 Å². The molecular formula is C35H31NO9S3. The van der Waals surface area contributed by atoms with Gasteiger partial charge in [0.25, 0.3) is 20.2 Å². The largest absolute Gasteiger partial charge is 0.367 e. The smallest absolute Gasteiger partial charge is 0.294 e. The molecule has 0 aromatic heterocycles. The number of nitrogens with zero attached hydrogens (tertiary/aromatic N) is 1. The van der Waals surface area contributed by atoms with E-state index in [0.717, 1.165) is 50.4 Å². The van der Waals surface area contributed by atoms with E-state index in [-0.39, 0.29) is 9.79 Å². The maximum atomic E-state index is 11.6. The molecule has 248 valence electrons. The first kappa shape index (κ1) is 35.0. The van der Waals surface area contributed by atoms with E-state index in [1.807, 2.05) is 91.9 Å². The van der Waals surface area contributed by atoms with Gasteiger partial charge in [0.2, 0.25) is 0 Å². The molecule has 48 heavy (non-hydrogen) atoms. The van der Waals surface area contributed by atoms with Crippen LogP contribution in [0.15, 0.2) is 136 Å². The summed E-state index contributed by atoms with van der Waals surface area (Å²) in [6, 6.07) is 35.5. The molecule has 0 fully saturated rings. The first-order valence-electron chi connectivity index (χ1n) is 14.5. The molecule has 5 aromatic rings. The molecule has 13 heteroatoms. The highest BCUT2D eigenvalue weighted by atomic mass is 32.2. The van der Waals surface area contributed by atoms with E-state index < -0.39 is 20.2 Å². The van der Waals surface area contributed by atoms with Gasteiger partial charge in [-0.2, -0.15) is 16.8 Å². The van der Waals surface area contributed by atoms with Crippen LogP contribution < -0.4 is 15.3 Å². The summed E-state index contributed by atoms with van der Waals surface area (Å²) in [5, 5.41) is 14.0. The second-order valence-electron chi connectivity index (χ2n) is 10.6. The van der Waals surface area contributed by atoms with Gasteiger partial charge < -0.3 is 4.90 Å². The molecule has 5 aromatic carbocycles. The van der Waals surface area contributed by atoms with Gasteiger partial charge in [-0.15, -0.1) is 4.33 Å². The Hall–Kier alpha value is -4.31. The normalized spacial score (nSPS) is 11.7. The van der Waals surface area contributed by atoms with Crippen molar-refractivity contribution in [2.45, 2.75) is 28.2 Å². The van der Waals surface area contributed by atoms with E-state index in [1.54, 1.807) is 18.2 Å². The van der Waals surface area contributed by atoms with Crippen LogP contribution in [0, 0.1) is 0 Å². The molecule has 0 saturated carbocycles. The number of rotatable bonds is 12. The van der Waals surface area contributed by atoms with Gasteiger partial charge in [0.15, 0.2) is 0 Å². The Bertz CT molecular complexity index is 2220. The highest BCUT2D eigenvalue weighted by Gasteiger charge is 2.14. The summed E-state index contributed by atoms with van der Waals surface area (Å²) in [6.45, 7) is 3.08. The van der Waals surface area contributed by atoms with E-state index in [4.69, 9.17) is 5.26 Å². The van der Waals surface area contributed by atoms with Gasteiger partial charge in [-0.25, -0.2) is 5.26 Å². The van der Waals surface area contributed by atoms with Crippen LogP contribution in [-0.2, 0) is 36.2 Å². The lowest BCUT2D eigenvalue weighted by atomic mass is 9.95. The molecular weight excluding hydrogens is 675 g/mol. The number of anilines is 1. The third kappa shape index (κ3) is 8.98. The number of hydrogen-bond acceptors (Lipinski definition) is 9. The predicted octanol–water partition coefficient (Wildman–Crippen LogP) is 5.71. The molecule has 3 N–H and O–H groups in total. The monoisotopic (exact) mass is 705 g/mol. The molecule has 5 rings (SSSR count). The molecule has 0 atom stereocenters. The van der Waals surface area contributed by atoms with Crippen molar-refractivity contribution in [1.29, 1.82) is 0 Å². The maximum Gasteiger partial charge on any atom is 0.294 e. The molecule has 0 unspecified atom stereocenters. The topological polar surface area (TPSA) is 151 Å². The lowest BCUT2D eigenvalue weighted by molar-refractivity contribution is -0.432. The van der Waals surface area contributed by atoms with Crippen LogP contribution >= 0.6 is 12.0 Å². The van der Waals surface area contributed by atoms with Gasteiger partial charge in [-0.05, 0) is 99.8 Å². The molecule has 0 radical (unpaired) electrons. The van der Waals surface area contributed by atoms with Crippen LogP contribution in [0.1, 0.15) is 29.2 Å². The predicted molar refractivity (Wildman–Crippen MR) is 184 cm³/mol. The molecule has 0 aliphatic carbocycles. The zero-order valence-electron chi connectivity index (χ0n) is 25.5. The van der Waals surface area contributed by atoms with Gasteiger partial charge in [0.1, 0.15) is 0 Å². The Morgan fingerprint density at radius 1 is 0.750 bits per heavy atom. The second kappa shape index (κ2) is 15.3. The fourth-order valence-electron chi connectivity index (χ4n) is 5.18. The van der Waals surface area contributed by atoms with Gasteiger partial charge >= 0.3 is 0 Å². The van der Waals surface area contributed by atoms with Crippen LogP contribution in [0.5, 0.6) is 0 Å².